The molecule has 28 heavy (non-hydrogen) atoms. The fourth-order valence-electron chi connectivity index (χ4n) is 5.57. The largest absolute Gasteiger partial charge is 0.381 e. The first kappa shape index (κ1) is 19.4. The molecular weight excluding hydrogens is 352 g/mol. The summed E-state index contributed by atoms with van der Waals surface area (Å²) in [5, 5.41) is 2.97. The van der Waals surface area contributed by atoms with Crippen LogP contribution < -0.4 is 5.32 Å². The SMILES string of the molecule is CO[C@@H]1CCC[C@]12CCCN(C(=O)CCC(=O)Nc1ccc3c(c1)CCC3)C2. The van der Waals surface area contributed by atoms with Crippen LogP contribution in [0, 0.1) is 5.41 Å². The minimum Gasteiger partial charge on any atom is -0.381 e. The van der Waals surface area contributed by atoms with E-state index >= 15 is 0 Å². The second kappa shape index (κ2) is 8.24. The number of hydrogen-bond donors (Lipinski definition) is 1. The number of nitrogens with zero attached hydrogens (tertiary/aromatic N) is 1. The Morgan fingerprint density at radius 1 is 1.14 bits per heavy atom. The van der Waals surface area contributed by atoms with Gasteiger partial charge in [0.15, 0.2) is 0 Å². The summed E-state index contributed by atoms with van der Waals surface area (Å²) in [7, 11) is 1.79. The Morgan fingerprint density at radius 2 is 1.96 bits per heavy atom. The number of rotatable bonds is 5. The molecule has 152 valence electrons. The number of benzene rings is 1. The molecule has 0 radical (unpaired) electrons. The monoisotopic (exact) mass is 384 g/mol. The number of carbonyl (C=O) groups excluding carboxylic acids is 2. The van der Waals surface area contributed by atoms with Gasteiger partial charge in [-0.2, -0.15) is 0 Å². The van der Waals surface area contributed by atoms with Gasteiger partial charge in [0.05, 0.1) is 6.10 Å². The van der Waals surface area contributed by atoms with Gasteiger partial charge in [-0.05, 0) is 68.2 Å². The summed E-state index contributed by atoms with van der Waals surface area (Å²) in [6.45, 7) is 1.60. The molecule has 5 nitrogen and oxygen atoms in total. The van der Waals surface area contributed by atoms with Crippen molar-refractivity contribution in [3.05, 3.63) is 29.3 Å². The van der Waals surface area contributed by atoms with Gasteiger partial charge in [-0.25, -0.2) is 0 Å². The average Bonchev–Trinajstić information content (AvgIpc) is 3.32. The second-order valence-electron chi connectivity index (χ2n) is 8.78. The molecule has 5 heteroatoms. The van der Waals surface area contributed by atoms with Crippen LogP contribution in [0.3, 0.4) is 0 Å². The van der Waals surface area contributed by atoms with Gasteiger partial charge in [-0.1, -0.05) is 12.5 Å². The molecule has 3 aliphatic rings. The van der Waals surface area contributed by atoms with Crippen molar-refractivity contribution in [2.24, 2.45) is 5.41 Å². The van der Waals surface area contributed by atoms with Crippen molar-refractivity contribution in [3.8, 4) is 0 Å². The van der Waals surface area contributed by atoms with Crippen LogP contribution in [-0.4, -0.2) is 43.0 Å². The van der Waals surface area contributed by atoms with Crippen molar-refractivity contribution in [1.82, 2.24) is 4.90 Å². The fourth-order valence-corrected chi connectivity index (χ4v) is 5.57. The summed E-state index contributed by atoms with van der Waals surface area (Å²) >= 11 is 0. The van der Waals surface area contributed by atoms with Gasteiger partial charge >= 0.3 is 0 Å². The molecule has 1 aromatic rings. The van der Waals surface area contributed by atoms with E-state index in [0.29, 0.717) is 0 Å². The molecule has 0 bridgehead atoms. The highest BCUT2D eigenvalue weighted by Crippen LogP contribution is 2.46. The lowest BCUT2D eigenvalue weighted by Crippen LogP contribution is -2.49. The van der Waals surface area contributed by atoms with Gasteiger partial charge in [-0.3, -0.25) is 9.59 Å². The zero-order valence-corrected chi connectivity index (χ0v) is 17.0. The van der Waals surface area contributed by atoms with E-state index in [2.05, 4.69) is 17.4 Å². The molecule has 1 N–H and O–H groups in total. The average molecular weight is 385 g/mol. The molecule has 0 unspecified atom stereocenters. The maximum Gasteiger partial charge on any atom is 0.224 e. The number of hydrogen-bond acceptors (Lipinski definition) is 3. The lowest BCUT2D eigenvalue weighted by Gasteiger charge is -2.43. The Balaban J connectivity index is 1.28. The number of anilines is 1. The molecule has 4 rings (SSSR count). The Morgan fingerprint density at radius 3 is 2.82 bits per heavy atom. The summed E-state index contributed by atoms with van der Waals surface area (Å²) in [6, 6.07) is 6.18. The molecule has 2 atom stereocenters. The third kappa shape index (κ3) is 3.95. The molecule has 1 spiro atoms. The number of aryl methyl sites for hydroxylation is 2. The number of nitrogens with one attached hydrogen (secondary N) is 1. The van der Waals surface area contributed by atoms with E-state index in [9.17, 15) is 9.59 Å². The van der Waals surface area contributed by atoms with Crippen molar-refractivity contribution in [3.63, 3.8) is 0 Å². The van der Waals surface area contributed by atoms with Gasteiger partial charge in [-0.15, -0.1) is 0 Å². The molecule has 1 aromatic carbocycles. The fraction of sp³-hybridized carbons (Fsp3) is 0.652. The lowest BCUT2D eigenvalue weighted by atomic mass is 9.76. The van der Waals surface area contributed by atoms with Crippen molar-refractivity contribution in [2.75, 3.05) is 25.5 Å². The third-order valence-electron chi connectivity index (χ3n) is 7.02. The van der Waals surface area contributed by atoms with Gasteiger partial charge in [0.1, 0.15) is 0 Å². The predicted molar refractivity (Wildman–Crippen MR) is 109 cm³/mol. The van der Waals surface area contributed by atoms with E-state index in [4.69, 9.17) is 4.74 Å². The number of ether oxygens (including phenoxy) is 1. The van der Waals surface area contributed by atoms with Crippen LogP contribution in [0.2, 0.25) is 0 Å². The third-order valence-corrected chi connectivity index (χ3v) is 7.02. The number of amides is 2. The Labute approximate surface area is 167 Å². The number of piperidine rings is 1. The zero-order valence-electron chi connectivity index (χ0n) is 17.0. The van der Waals surface area contributed by atoms with Crippen LogP contribution in [0.25, 0.3) is 0 Å². The summed E-state index contributed by atoms with van der Waals surface area (Å²) in [5.74, 6) is 0.0265. The molecule has 0 aromatic heterocycles. The Bertz CT molecular complexity index is 747. The van der Waals surface area contributed by atoms with E-state index in [-0.39, 0.29) is 36.2 Å². The van der Waals surface area contributed by atoms with E-state index < -0.39 is 0 Å². The van der Waals surface area contributed by atoms with Crippen LogP contribution in [-0.2, 0) is 27.2 Å². The predicted octanol–water partition coefficient (Wildman–Crippen LogP) is 3.70. The number of likely N-dealkylation sites (tertiary alicyclic amines) is 1. The van der Waals surface area contributed by atoms with Crippen LogP contribution in [0.1, 0.15) is 62.5 Å². The van der Waals surface area contributed by atoms with Crippen LogP contribution >= 0.6 is 0 Å². The van der Waals surface area contributed by atoms with Crippen LogP contribution in [0.15, 0.2) is 18.2 Å². The number of carbonyl (C=O) groups is 2. The van der Waals surface area contributed by atoms with Crippen molar-refractivity contribution in [2.45, 2.75) is 70.3 Å². The highest BCUT2D eigenvalue weighted by Gasteiger charge is 2.46. The van der Waals surface area contributed by atoms with Crippen molar-refractivity contribution < 1.29 is 14.3 Å². The van der Waals surface area contributed by atoms with Crippen molar-refractivity contribution in [1.29, 1.82) is 0 Å². The first-order valence-corrected chi connectivity index (χ1v) is 10.8. The van der Waals surface area contributed by atoms with Gasteiger partial charge < -0.3 is 15.0 Å². The number of fused-ring (bicyclic) bond motifs is 1. The molecule has 2 aliphatic carbocycles. The lowest BCUT2D eigenvalue weighted by molar-refractivity contribution is -0.138. The minimum absolute atomic E-state index is 0.0753. The molecule has 1 saturated carbocycles. The molecule has 2 fully saturated rings. The van der Waals surface area contributed by atoms with Gasteiger partial charge in [0, 0.05) is 44.1 Å². The van der Waals surface area contributed by atoms with Gasteiger partial charge in [0.2, 0.25) is 11.8 Å². The van der Waals surface area contributed by atoms with E-state index in [1.54, 1.807) is 7.11 Å². The second-order valence-corrected chi connectivity index (χ2v) is 8.78. The van der Waals surface area contributed by atoms with E-state index in [1.807, 2.05) is 11.0 Å². The topological polar surface area (TPSA) is 58.6 Å². The quantitative estimate of drug-likeness (QED) is 0.842. The summed E-state index contributed by atoms with van der Waals surface area (Å²) in [4.78, 5) is 27.1. The first-order valence-electron chi connectivity index (χ1n) is 10.8. The minimum atomic E-state index is -0.0753. The zero-order chi connectivity index (χ0) is 19.6. The molecule has 2 amide bonds. The molecule has 1 heterocycles. The maximum absolute atomic E-state index is 12.7. The molecule has 1 saturated heterocycles. The Kier molecular flexibility index (Phi) is 5.72. The summed E-state index contributed by atoms with van der Waals surface area (Å²) in [5.41, 5.74) is 3.73. The summed E-state index contributed by atoms with van der Waals surface area (Å²) < 4.78 is 5.73. The standard InChI is InChI=1S/C23H32N2O3/c1-28-20-7-3-12-23(20)13-4-14-25(16-23)22(27)11-10-21(26)24-19-9-8-17-5-2-6-18(17)15-19/h8-9,15,20H,2-7,10-14,16H2,1H3,(H,24,26)/t20-,23-/m1/s1. The van der Waals surface area contributed by atoms with Crippen molar-refractivity contribution >= 4 is 17.5 Å². The van der Waals surface area contributed by atoms with E-state index in [0.717, 1.165) is 57.3 Å². The molecule has 1 aliphatic heterocycles. The smallest absolute Gasteiger partial charge is 0.224 e. The summed E-state index contributed by atoms with van der Waals surface area (Å²) in [6.07, 6.45) is 9.84. The highest BCUT2D eigenvalue weighted by atomic mass is 16.5. The normalized spacial score (nSPS) is 26.5. The molecular formula is C23H32N2O3. The van der Waals surface area contributed by atoms with E-state index in [1.165, 1.54) is 24.0 Å². The number of methoxy groups -OCH3 is 1. The van der Waals surface area contributed by atoms with Gasteiger partial charge in [0.25, 0.3) is 0 Å². The first-order chi connectivity index (χ1) is 13.6. The Hall–Kier alpha value is -1.88. The van der Waals surface area contributed by atoms with Crippen LogP contribution in [0.4, 0.5) is 5.69 Å². The maximum atomic E-state index is 12.7. The highest BCUT2D eigenvalue weighted by molar-refractivity contribution is 5.93. The van der Waals surface area contributed by atoms with Crippen LogP contribution in [0.5, 0.6) is 0 Å².